The highest BCUT2D eigenvalue weighted by Gasteiger charge is 2.25. The van der Waals surface area contributed by atoms with Gasteiger partial charge in [0.25, 0.3) is 0 Å². The summed E-state index contributed by atoms with van der Waals surface area (Å²) in [5.41, 5.74) is 1.13. The Morgan fingerprint density at radius 1 is 1.23 bits per heavy atom. The highest BCUT2D eigenvalue weighted by Crippen LogP contribution is 2.20. The lowest BCUT2D eigenvalue weighted by Gasteiger charge is -2.36. The Kier molecular flexibility index (Phi) is 4.80. The molecule has 6 nitrogen and oxygen atoms in total. The van der Waals surface area contributed by atoms with E-state index >= 15 is 0 Å². The van der Waals surface area contributed by atoms with Crippen LogP contribution in [0.4, 0.5) is 0 Å². The summed E-state index contributed by atoms with van der Waals surface area (Å²) in [6.45, 7) is 9.20. The molecule has 1 aliphatic rings. The van der Waals surface area contributed by atoms with Crippen LogP contribution in [0.1, 0.15) is 37.3 Å². The average molecular weight is 301 g/mol. The maximum atomic E-state index is 5.37. The van der Waals surface area contributed by atoms with Crippen molar-refractivity contribution in [2.45, 2.75) is 32.9 Å². The number of hydrogen-bond donors (Lipinski definition) is 0. The predicted molar refractivity (Wildman–Crippen MR) is 83.2 cm³/mol. The van der Waals surface area contributed by atoms with Gasteiger partial charge in [-0.25, -0.2) is 0 Å². The molecule has 0 bridgehead atoms. The molecule has 2 aromatic heterocycles. The van der Waals surface area contributed by atoms with Crippen molar-refractivity contribution in [3.8, 4) is 0 Å². The van der Waals surface area contributed by atoms with Crippen LogP contribution in [0.15, 0.2) is 28.9 Å². The zero-order valence-corrected chi connectivity index (χ0v) is 13.3. The molecule has 3 heterocycles. The molecule has 0 spiro atoms. The maximum Gasteiger partial charge on any atom is 0.243 e. The van der Waals surface area contributed by atoms with Gasteiger partial charge < -0.3 is 4.52 Å². The molecule has 1 aliphatic heterocycles. The van der Waals surface area contributed by atoms with Gasteiger partial charge in [0.1, 0.15) is 0 Å². The average Bonchev–Trinajstić information content (AvgIpc) is 3.05. The minimum absolute atomic E-state index is 0.185. The minimum Gasteiger partial charge on any atom is -0.338 e. The van der Waals surface area contributed by atoms with Crippen molar-refractivity contribution < 1.29 is 4.52 Å². The first-order valence-corrected chi connectivity index (χ1v) is 7.95. The lowest BCUT2D eigenvalue weighted by Crippen LogP contribution is -2.46. The number of hydrogen-bond acceptors (Lipinski definition) is 6. The van der Waals surface area contributed by atoms with Crippen LogP contribution in [0.25, 0.3) is 0 Å². The fourth-order valence-electron chi connectivity index (χ4n) is 2.77. The quantitative estimate of drug-likeness (QED) is 0.841. The van der Waals surface area contributed by atoms with Crippen molar-refractivity contribution in [3.63, 3.8) is 0 Å². The van der Waals surface area contributed by atoms with Gasteiger partial charge in [-0.1, -0.05) is 18.1 Å². The molecule has 118 valence electrons. The lowest BCUT2D eigenvalue weighted by atomic mass is 10.2. The van der Waals surface area contributed by atoms with Crippen molar-refractivity contribution >= 4 is 0 Å². The van der Waals surface area contributed by atoms with E-state index in [1.165, 1.54) is 0 Å². The smallest absolute Gasteiger partial charge is 0.243 e. The van der Waals surface area contributed by atoms with Gasteiger partial charge in [0.05, 0.1) is 11.7 Å². The zero-order chi connectivity index (χ0) is 15.4. The summed E-state index contributed by atoms with van der Waals surface area (Å²) >= 11 is 0. The molecular weight excluding hydrogens is 278 g/mol. The third-order valence-corrected chi connectivity index (χ3v) is 4.22. The van der Waals surface area contributed by atoms with E-state index < -0.39 is 0 Å². The van der Waals surface area contributed by atoms with Crippen LogP contribution in [-0.4, -0.2) is 51.1 Å². The number of rotatable bonds is 5. The Morgan fingerprint density at radius 2 is 2.05 bits per heavy atom. The van der Waals surface area contributed by atoms with E-state index in [0.717, 1.165) is 56.6 Å². The third-order valence-electron chi connectivity index (χ3n) is 4.22. The van der Waals surface area contributed by atoms with Crippen LogP contribution in [-0.2, 0) is 13.0 Å². The lowest BCUT2D eigenvalue weighted by molar-refractivity contribution is 0.0839. The molecule has 1 atom stereocenters. The Labute approximate surface area is 131 Å². The second-order valence-corrected chi connectivity index (χ2v) is 5.71. The summed E-state index contributed by atoms with van der Waals surface area (Å²) in [5, 5.41) is 3.99. The van der Waals surface area contributed by atoms with E-state index in [-0.39, 0.29) is 6.04 Å². The standard InChI is InChI=1S/C16H23N5O/c1-3-15-18-16(22-19-15)13(2)21-10-8-20(9-11-21)12-14-6-4-5-7-17-14/h4-7,13H,3,8-12H2,1-2H3/t13-/m0/s1. The molecule has 0 radical (unpaired) electrons. The SMILES string of the molecule is CCc1noc([C@H](C)N2CCN(Cc3ccccn3)CC2)n1. The molecule has 0 amide bonds. The molecule has 1 fully saturated rings. The number of pyridine rings is 1. The summed E-state index contributed by atoms with van der Waals surface area (Å²) in [7, 11) is 0. The molecule has 1 saturated heterocycles. The number of nitrogens with zero attached hydrogens (tertiary/aromatic N) is 5. The Balaban J connectivity index is 1.52. The largest absolute Gasteiger partial charge is 0.338 e. The topological polar surface area (TPSA) is 58.3 Å². The Morgan fingerprint density at radius 3 is 2.68 bits per heavy atom. The first kappa shape index (κ1) is 15.1. The summed E-state index contributed by atoms with van der Waals surface area (Å²) in [5.74, 6) is 1.52. The van der Waals surface area contributed by atoms with E-state index in [2.05, 4.69) is 37.9 Å². The number of aromatic nitrogens is 3. The van der Waals surface area contributed by atoms with Gasteiger partial charge in [0.15, 0.2) is 5.82 Å². The second-order valence-electron chi connectivity index (χ2n) is 5.71. The molecule has 3 rings (SSSR count). The zero-order valence-electron chi connectivity index (χ0n) is 13.3. The third kappa shape index (κ3) is 3.51. The fraction of sp³-hybridized carbons (Fsp3) is 0.562. The molecule has 22 heavy (non-hydrogen) atoms. The Bertz CT molecular complexity index is 577. The van der Waals surface area contributed by atoms with E-state index in [1.807, 2.05) is 25.3 Å². The fourth-order valence-corrected chi connectivity index (χ4v) is 2.77. The van der Waals surface area contributed by atoms with Gasteiger partial charge >= 0.3 is 0 Å². The predicted octanol–water partition coefficient (Wildman–Crippen LogP) is 1.91. The Hall–Kier alpha value is -1.79. The molecule has 0 saturated carbocycles. The van der Waals surface area contributed by atoms with Crippen molar-refractivity contribution in [1.29, 1.82) is 0 Å². The molecule has 2 aromatic rings. The van der Waals surface area contributed by atoms with E-state index in [9.17, 15) is 0 Å². The van der Waals surface area contributed by atoms with Gasteiger partial charge in [-0.3, -0.25) is 14.8 Å². The van der Waals surface area contributed by atoms with Crippen LogP contribution in [0.2, 0.25) is 0 Å². The highest BCUT2D eigenvalue weighted by atomic mass is 16.5. The maximum absolute atomic E-state index is 5.37. The van der Waals surface area contributed by atoms with Crippen molar-refractivity contribution in [3.05, 3.63) is 41.8 Å². The summed E-state index contributed by atoms with van der Waals surface area (Å²) in [6.07, 6.45) is 2.67. The minimum atomic E-state index is 0.185. The first-order chi connectivity index (χ1) is 10.8. The molecule has 0 N–H and O–H groups in total. The molecule has 6 heteroatoms. The van der Waals surface area contributed by atoms with Crippen LogP contribution >= 0.6 is 0 Å². The second kappa shape index (κ2) is 6.98. The van der Waals surface area contributed by atoms with Gasteiger partial charge in [-0.15, -0.1) is 0 Å². The van der Waals surface area contributed by atoms with E-state index in [0.29, 0.717) is 0 Å². The molecule has 0 aliphatic carbocycles. The van der Waals surface area contributed by atoms with Gasteiger partial charge in [0.2, 0.25) is 5.89 Å². The van der Waals surface area contributed by atoms with Crippen LogP contribution in [0.5, 0.6) is 0 Å². The van der Waals surface area contributed by atoms with Crippen molar-refractivity contribution in [2.24, 2.45) is 0 Å². The van der Waals surface area contributed by atoms with Crippen LogP contribution in [0.3, 0.4) is 0 Å². The molecule has 0 aromatic carbocycles. The number of piperazine rings is 1. The van der Waals surface area contributed by atoms with E-state index in [1.54, 1.807) is 0 Å². The monoisotopic (exact) mass is 301 g/mol. The van der Waals surface area contributed by atoms with Crippen molar-refractivity contribution in [1.82, 2.24) is 24.9 Å². The van der Waals surface area contributed by atoms with Crippen LogP contribution < -0.4 is 0 Å². The van der Waals surface area contributed by atoms with Gasteiger partial charge in [-0.05, 0) is 19.1 Å². The molecule has 0 unspecified atom stereocenters. The van der Waals surface area contributed by atoms with Gasteiger partial charge in [0, 0.05) is 45.3 Å². The summed E-state index contributed by atoms with van der Waals surface area (Å²) < 4.78 is 5.37. The normalized spacial score (nSPS) is 18.5. The van der Waals surface area contributed by atoms with E-state index in [4.69, 9.17) is 4.52 Å². The highest BCUT2D eigenvalue weighted by molar-refractivity contribution is 5.03. The first-order valence-electron chi connectivity index (χ1n) is 7.95. The van der Waals surface area contributed by atoms with Crippen molar-refractivity contribution in [2.75, 3.05) is 26.2 Å². The van der Waals surface area contributed by atoms with Gasteiger partial charge in [-0.2, -0.15) is 4.98 Å². The summed E-state index contributed by atoms with van der Waals surface area (Å²) in [4.78, 5) is 13.7. The van der Waals surface area contributed by atoms with Crippen LogP contribution in [0, 0.1) is 0 Å². The molecular formula is C16H23N5O. The summed E-state index contributed by atoms with van der Waals surface area (Å²) in [6, 6.07) is 6.27. The number of aryl methyl sites for hydroxylation is 1.